The van der Waals surface area contributed by atoms with Crippen LogP contribution in [-0.2, 0) is 16.0 Å². The van der Waals surface area contributed by atoms with Gasteiger partial charge in [-0.05, 0) is 6.42 Å². The van der Waals surface area contributed by atoms with Gasteiger partial charge in [0.25, 0.3) is 0 Å². The molecule has 1 aromatic heterocycles. The number of amides is 1. The van der Waals surface area contributed by atoms with Crippen LogP contribution in [0.4, 0.5) is 5.13 Å². The third-order valence-electron chi connectivity index (χ3n) is 2.12. The molecule has 17 heavy (non-hydrogen) atoms. The first kappa shape index (κ1) is 13.4. The van der Waals surface area contributed by atoms with Gasteiger partial charge in [0.05, 0.1) is 12.1 Å². The highest BCUT2D eigenvalue weighted by Crippen LogP contribution is 2.11. The molecule has 1 heterocycles. The summed E-state index contributed by atoms with van der Waals surface area (Å²) in [5, 5.41) is 13.4. The maximum atomic E-state index is 11.6. The van der Waals surface area contributed by atoms with Gasteiger partial charge in [0.2, 0.25) is 5.91 Å². The van der Waals surface area contributed by atoms with E-state index in [0.717, 1.165) is 0 Å². The molecule has 1 aromatic rings. The van der Waals surface area contributed by atoms with Gasteiger partial charge in [-0.25, -0.2) is 9.78 Å². The summed E-state index contributed by atoms with van der Waals surface area (Å²) >= 11 is 1.25. The molecule has 0 aliphatic carbocycles. The molecule has 7 heteroatoms. The van der Waals surface area contributed by atoms with Crippen molar-refractivity contribution in [1.29, 1.82) is 0 Å². The smallest absolute Gasteiger partial charge is 0.326 e. The number of rotatable bonds is 6. The van der Waals surface area contributed by atoms with E-state index in [4.69, 9.17) is 10.8 Å². The Bertz CT molecular complexity index is 405. The molecule has 0 bridgehead atoms. The third-order valence-corrected chi connectivity index (χ3v) is 2.84. The Morgan fingerprint density at radius 2 is 2.35 bits per heavy atom. The van der Waals surface area contributed by atoms with Crippen molar-refractivity contribution in [1.82, 2.24) is 10.3 Å². The lowest BCUT2D eigenvalue weighted by Crippen LogP contribution is -2.41. The summed E-state index contributed by atoms with van der Waals surface area (Å²) in [6.07, 6.45) is 1.17. The molecule has 0 saturated carbocycles. The van der Waals surface area contributed by atoms with Crippen molar-refractivity contribution < 1.29 is 14.7 Å². The lowest BCUT2D eigenvalue weighted by Gasteiger charge is -2.12. The Labute approximate surface area is 103 Å². The molecule has 0 aliphatic rings. The molecule has 0 radical (unpaired) electrons. The Kier molecular flexibility index (Phi) is 4.89. The summed E-state index contributed by atoms with van der Waals surface area (Å²) in [5.74, 6) is -1.37. The summed E-state index contributed by atoms with van der Waals surface area (Å²) in [7, 11) is 0. The van der Waals surface area contributed by atoms with Gasteiger partial charge in [0, 0.05) is 5.38 Å². The minimum Gasteiger partial charge on any atom is -0.480 e. The second kappa shape index (κ2) is 6.19. The standard InChI is InChI=1S/C10H15N3O3S/c1-2-3-7(9(15)16)13-8(14)4-6-5-17-10(11)12-6/h5,7H,2-4H2,1H3,(H2,11,12)(H,13,14)(H,15,16)/t7-/m1/s1. The van der Waals surface area contributed by atoms with Crippen LogP contribution in [0, 0.1) is 0 Å². The van der Waals surface area contributed by atoms with Crippen LogP contribution in [-0.4, -0.2) is 28.0 Å². The van der Waals surface area contributed by atoms with E-state index in [1.54, 1.807) is 5.38 Å². The fourth-order valence-corrected chi connectivity index (χ4v) is 1.92. The minimum atomic E-state index is -1.02. The molecule has 6 nitrogen and oxygen atoms in total. The van der Waals surface area contributed by atoms with Gasteiger partial charge in [-0.1, -0.05) is 13.3 Å². The quantitative estimate of drug-likeness (QED) is 0.693. The molecule has 0 fully saturated rings. The Morgan fingerprint density at radius 1 is 1.65 bits per heavy atom. The predicted octanol–water partition coefficient (Wildman–Crippen LogP) is 0.637. The number of carboxylic acid groups (broad SMARTS) is 1. The number of nitrogens with two attached hydrogens (primary N) is 1. The number of anilines is 1. The predicted molar refractivity (Wildman–Crippen MR) is 64.7 cm³/mol. The number of nitrogens with zero attached hydrogens (tertiary/aromatic N) is 1. The van der Waals surface area contributed by atoms with Crippen molar-refractivity contribution in [3.05, 3.63) is 11.1 Å². The Morgan fingerprint density at radius 3 is 2.82 bits per heavy atom. The van der Waals surface area contributed by atoms with Gasteiger partial charge in [-0.3, -0.25) is 4.79 Å². The molecule has 1 rings (SSSR count). The van der Waals surface area contributed by atoms with Gasteiger partial charge in [0.1, 0.15) is 6.04 Å². The number of nitrogens with one attached hydrogen (secondary N) is 1. The van der Waals surface area contributed by atoms with Crippen LogP contribution in [0.5, 0.6) is 0 Å². The zero-order valence-electron chi connectivity index (χ0n) is 9.47. The normalized spacial score (nSPS) is 12.1. The third kappa shape index (κ3) is 4.39. The van der Waals surface area contributed by atoms with Gasteiger partial charge in [-0.15, -0.1) is 11.3 Å². The molecule has 0 aliphatic heterocycles. The minimum absolute atomic E-state index is 0.0567. The van der Waals surface area contributed by atoms with E-state index in [1.165, 1.54) is 11.3 Å². The lowest BCUT2D eigenvalue weighted by molar-refractivity contribution is -0.141. The molecular formula is C10H15N3O3S. The lowest BCUT2D eigenvalue weighted by atomic mass is 10.1. The van der Waals surface area contributed by atoms with Crippen LogP contribution in [0.1, 0.15) is 25.5 Å². The molecule has 0 saturated heterocycles. The van der Waals surface area contributed by atoms with Crippen molar-refractivity contribution in [2.75, 3.05) is 5.73 Å². The van der Waals surface area contributed by atoms with Crippen LogP contribution in [0.2, 0.25) is 0 Å². The number of hydrogen-bond acceptors (Lipinski definition) is 5. The van der Waals surface area contributed by atoms with E-state index in [2.05, 4.69) is 10.3 Å². The number of aromatic nitrogens is 1. The van der Waals surface area contributed by atoms with Gasteiger partial charge in [-0.2, -0.15) is 0 Å². The van der Waals surface area contributed by atoms with Crippen molar-refractivity contribution >= 4 is 28.3 Å². The topological polar surface area (TPSA) is 105 Å². The van der Waals surface area contributed by atoms with Crippen molar-refractivity contribution in [3.63, 3.8) is 0 Å². The summed E-state index contributed by atoms with van der Waals surface area (Å²) in [5.41, 5.74) is 5.99. The average Bonchev–Trinajstić information content (AvgIpc) is 2.63. The second-order valence-electron chi connectivity index (χ2n) is 3.60. The maximum Gasteiger partial charge on any atom is 0.326 e. The van der Waals surface area contributed by atoms with Gasteiger partial charge >= 0.3 is 5.97 Å². The average molecular weight is 257 g/mol. The van der Waals surface area contributed by atoms with Crippen molar-refractivity contribution in [2.24, 2.45) is 0 Å². The fourth-order valence-electron chi connectivity index (χ4n) is 1.36. The Hall–Kier alpha value is -1.63. The summed E-state index contributed by atoms with van der Waals surface area (Å²) in [6, 6.07) is -0.830. The van der Waals surface area contributed by atoms with Crippen LogP contribution in [0.15, 0.2) is 5.38 Å². The van der Waals surface area contributed by atoms with E-state index in [-0.39, 0.29) is 12.3 Å². The number of thiazole rings is 1. The first-order chi connectivity index (χ1) is 8.02. The molecule has 0 spiro atoms. The molecule has 1 atom stereocenters. The largest absolute Gasteiger partial charge is 0.480 e. The number of carboxylic acids is 1. The highest BCUT2D eigenvalue weighted by molar-refractivity contribution is 7.13. The van der Waals surface area contributed by atoms with E-state index in [1.807, 2.05) is 6.92 Å². The van der Waals surface area contributed by atoms with Crippen LogP contribution >= 0.6 is 11.3 Å². The molecule has 94 valence electrons. The van der Waals surface area contributed by atoms with Crippen molar-refractivity contribution in [3.8, 4) is 0 Å². The fraction of sp³-hybridized carbons (Fsp3) is 0.500. The molecular weight excluding hydrogens is 242 g/mol. The molecule has 1 amide bonds. The number of carbonyl (C=O) groups is 2. The zero-order valence-corrected chi connectivity index (χ0v) is 10.3. The number of nitrogen functional groups attached to an aromatic ring is 1. The Balaban J connectivity index is 2.50. The van der Waals surface area contributed by atoms with Gasteiger partial charge in [0.15, 0.2) is 5.13 Å². The van der Waals surface area contributed by atoms with E-state index in [9.17, 15) is 9.59 Å². The molecule has 0 unspecified atom stereocenters. The van der Waals surface area contributed by atoms with Crippen molar-refractivity contribution in [2.45, 2.75) is 32.2 Å². The molecule has 0 aromatic carbocycles. The van der Waals surface area contributed by atoms with Crippen LogP contribution in [0.3, 0.4) is 0 Å². The van der Waals surface area contributed by atoms with E-state index in [0.29, 0.717) is 23.7 Å². The number of carbonyl (C=O) groups excluding carboxylic acids is 1. The maximum absolute atomic E-state index is 11.6. The summed E-state index contributed by atoms with van der Waals surface area (Å²) in [4.78, 5) is 26.3. The van der Waals surface area contributed by atoms with Crippen LogP contribution in [0.25, 0.3) is 0 Å². The SMILES string of the molecule is CCC[C@@H](NC(=O)Cc1csc(N)n1)C(=O)O. The first-order valence-corrected chi connectivity index (χ1v) is 6.13. The highest BCUT2D eigenvalue weighted by Gasteiger charge is 2.19. The summed E-state index contributed by atoms with van der Waals surface area (Å²) < 4.78 is 0. The van der Waals surface area contributed by atoms with E-state index < -0.39 is 12.0 Å². The van der Waals surface area contributed by atoms with Gasteiger partial charge < -0.3 is 16.2 Å². The first-order valence-electron chi connectivity index (χ1n) is 5.25. The number of hydrogen-bond donors (Lipinski definition) is 3. The molecule has 4 N–H and O–H groups in total. The number of aliphatic carboxylic acids is 1. The van der Waals surface area contributed by atoms with Crippen LogP contribution < -0.4 is 11.1 Å². The monoisotopic (exact) mass is 257 g/mol. The highest BCUT2D eigenvalue weighted by atomic mass is 32.1. The summed E-state index contributed by atoms with van der Waals surface area (Å²) in [6.45, 7) is 1.86. The second-order valence-corrected chi connectivity index (χ2v) is 4.49. The van der Waals surface area contributed by atoms with E-state index >= 15 is 0 Å². The zero-order chi connectivity index (χ0) is 12.8.